The van der Waals surface area contributed by atoms with E-state index in [1.54, 1.807) is 0 Å². The predicted molar refractivity (Wildman–Crippen MR) is 42.4 cm³/mol. The first-order valence-corrected chi connectivity index (χ1v) is 5.30. The van der Waals surface area contributed by atoms with E-state index < -0.39 is 41.2 Å². The van der Waals surface area contributed by atoms with Crippen LogP contribution in [-0.4, -0.2) is 30.9 Å². The smallest absolute Gasteiger partial charge is 0.263 e. The number of hydrogen-bond donors (Lipinski definition) is 1. The van der Waals surface area contributed by atoms with E-state index >= 15 is 0 Å². The summed E-state index contributed by atoms with van der Waals surface area (Å²) in [7, 11) is -5.67. The molecule has 0 radical (unpaired) electrons. The highest BCUT2D eigenvalue weighted by molar-refractivity contribution is 7.80. The topological polar surface area (TPSA) is 63.6 Å². The van der Waals surface area contributed by atoms with Gasteiger partial charge in [-0.15, -0.1) is 0 Å². The Morgan fingerprint density at radius 3 is 1.76 bits per heavy atom. The Bertz CT molecular complexity index is 359. The molecule has 11 heteroatoms. The minimum Gasteiger partial charge on any atom is -0.263 e. The predicted octanol–water partition coefficient (Wildman–Crippen LogP) is 2.47. The molecule has 0 unspecified atom stereocenters. The molecule has 0 atom stereocenters. The van der Waals surface area contributed by atoms with Crippen molar-refractivity contribution in [1.29, 1.82) is 0 Å². The SMILES string of the molecule is CC(F)(F)CC(F)(F)CC(F)(F)OS(=O)(=O)O. The molecule has 1 N–H and O–H groups in total. The van der Waals surface area contributed by atoms with Gasteiger partial charge in [-0.25, -0.2) is 17.6 Å². The lowest BCUT2D eigenvalue weighted by atomic mass is 10.1. The van der Waals surface area contributed by atoms with E-state index in [0.29, 0.717) is 0 Å². The lowest BCUT2D eigenvalue weighted by Crippen LogP contribution is -2.36. The molecule has 104 valence electrons. The third kappa shape index (κ3) is 9.18. The van der Waals surface area contributed by atoms with Crippen molar-refractivity contribution in [3.63, 3.8) is 0 Å². The molecule has 0 amide bonds. The average Bonchev–Trinajstić information content (AvgIpc) is 1.65. The highest BCUT2D eigenvalue weighted by Gasteiger charge is 2.50. The summed E-state index contributed by atoms with van der Waals surface area (Å²) in [6.07, 6.45) is -9.78. The highest BCUT2D eigenvalue weighted by Crippen LogP contribution is 2.38. The van der Waals surface area contributed by atoms with Crippen LogP contribution in [0.5, 0.6) is 0 Å². The van der Waals surface area contributed by atoms with Gasteiger partial charge >= 0.3 is 16.5 Å². The van der Waals surface area contributed by atoms with Crippen LogP contribution in [0.15, 0.2) is 0 Å². The maximum Gasteiger partial charge on any atom is 0.402 e. The second kappa shape index (κ2) is 4.61. The summed E-state index contributed by atoms with van der Waals surface area (Å²) in [5.41, 5.74) is 0. The maximum atomic E-state index is 12.7. The van der Waals surface area contributed by atoms with Gasteiger partial charge in [0.05, 0.1) is 6.42 Å². The van der Waals surface area contributed by atoms with Gasteiger partial charge in [-0.1, -0.05) is 0 Å². The van der Waals surface area contributed by atoms with E-state index in [1.165, 1.54) is 0 Å². The molecular weight excluding hydrogens is 282 g/mol. The van der Waals surface area contributed by atoms with E-state index in [4.69, 9.17) is 4.55 Å². The molecule has 0 aliphatic rings. The molecule has 0 fully saturated rings. The van der Waals surface area contributed by atoms with E-state index in [9.17, 15) is 34.8 Å². The molecule has 0 aromatic carbocycles. The van der Waals surface area contributed by atoms with E-state index in [1.807, 2.05) is 0 Å². The summed E-state index contributed by atoms with van der Waals surface area (Å²) in [6, 6.07) is 0. The van der Waals surface area contributed by atoms with Gasteiger partial charge in [0.15, 0.2) is 0 Å². The maximum absolute atomic E-state index is 12.7. The van der Waals surface area contributed by atoms with Crippen LogP contribution in [-0.2, 0) is 14.6 Å². The van der Waals surface area contributed by atoms with Crippen molar-refractivity contribution in [2.75, 3.05) is 0 Å². The monoisotopic (exact) mass is 290 g/mol. The van der Waals surface area contributed by atoms with Gasteiger partial charge < -0.3 is 0 Å². The van der Waals surface area contributed by atoms with Crippen molar-refractivity contribution in [3.05, 3.63) is 0 Å². The number of alkyl halides is 6. The Morgan fingerprint density at radius 1 is 1.06 bits per heavy atom. The minimum atomic E-state index is -5.67. The first-order valence-electron chi connectivity index (χ1n) is 3.93. The lowest BCUT2D eigenvalue weighted by molar-refractivity contribution is -0.231. The van der Waals surface area contributed by atoms with Crippen molar-refractivity contribution in [2.45, 2.75) is 37.7 Å². The zero-order valence-corrected chi connectivity index (χ0v) is 9.08. The van der Waals surface area contributed by atoms with Crippen molar-refractivity contribution in [1.82, 2.24) is 0 Å². The van der Waals surface area contributed by atoms with Crippen molar-refractivity contribution in [2.24, 2.45) is 0 Å². The van der Waals surface area contributed by atoms with Gasteiger partial charge in [0.1, 0.15) is 6.42 Å². The van der Waals surface area contributed by atoms with E-state index in [-0.39, 0.29) is 6.92 Å². The van der Waals surface area contributed by atoms with Gasteiger partial charge in [-0.3, -0.25) is 4.55 Å². The van der Waals surface area contributed by atoms with Crippen LogP contribution in [0.3, 0.4) is 0 Å². The number of rotatable bonds is 6. The average molecular weight is 290 g/mol. The van der Waals surface area contributed by atoms with Crippen LogP contribution in [0.1, 0.15) is 19.8 Å². The third-order valence-corrected chi connectivity index (χ3v) is 1.72. The first kappa shape index (κ1) is 16.4. The fraction of sp³-hybridized carbons (Fsp3) is 1.00. The molecule has 0 spiro atoms. The van der Waals surface area contributed by atoms with Gasteiger partial charge in [-0.2, -0.15) is 21.4 Å². The molecule has 0 aromatic heterocycles. The largest absolute Gasteiger partial charge is 0.402 e. The quantitative estimate of drug-likeness (QED) is 0.603. The summed E-state index contributed by atoms with van der Waals surface area (Å²) in [6.45, 7) is 0.0860. The molecule has 0 bridgehead atoms. The van der Waals surface area contributed by atoms with Gasteiger partial charge in [0, 0.05) is 0 Å². The molecule has 17 heavy (non-hydrogen) atoms. The second-order valence-electron chi connectivity index (χ2n) is 3.43. The van der Waals surface area contributed by atoms with Crippen LogP contribution in [0.25, 0.3) is 0 Å². The van der Waals surface area contributed by atoms with Crippen LogP contribution < -0.4 is 0 Å². The second-order valence-corrected chi connectivity index (χ2v) is 4.45. The Morgan fingerprint density at radius 2 is 1.47 bits per heavy atom. The summed E-state index contributed by atoms with van der Waals surface area (Å²) < 4.78 is 105. The molecule has 0 rings (SSSR count). The van der Waals surface area contributed by atoms with Crippen molar-refractivity contribution in [3.8, 4) is 0 Å². The normalized spacial score (nSPS) is 15.1. The van der Waals surface area contributed by atoms with E-state index in [0.717, 1.165) is 0 Å². The van der Waals surface area contributed by atoms with Crippen LogP contribution >= 0.6 is 0 Å². The Labute approximate surface area is 92.5 Å². The zero-order valence-electron chi connectivity index (χ0n) is 8.26. The third-order valence-electron chi connectivity index (χ3n) is 1.26. The lowest BCUT2D eigenvalue weighted by Gasteiger charge is -2.23. The van der Waals surface area contributed by atoms with Crippen LogP contribution in [0.4, 0.5) is 26.3 Å². The first-order chi connectivity index (χ1) is 7.12. The molecule has 4 nitrogen and oxygen atoms in total. The van der Waals surface area contributed by atoms with E-state index in [2.05, 4.69) is 4.18 Å². The standard InChI is InChI=1S/C6H8F6O4S/c1-4(7,8)2-5(9,10)3-6(11,12)16-17(13,14)15/h2-3H2,1H3,(H,13,14,15). The molecule has 0 aromatic rings. The summed E-state index contributed by atoms with van der Waals surface area (Å²) in [4.78, 5) is 0. The number of hydrogen-bond acceptors (Lipinski definition) is 3. The Kier molecular flexibility index (Phi) is 4.46. The van der Waals surface area contributed by atoms with Crippen LogP contribution in [0, 0.1) is 0 Å². The Hall–Kier alpha value is -0.550. The fourth-order valence-corrected chi connectivity index (χ4v) is 1.37. The minimum absolute atomic E-state index is 0.0860. The van der Waals surface area contributed by atoms with Gasteiger partial charge in [0.2, 0.25) is 0 Å². The molecule has 0 saturated heterocycles. The summed E-state index contributed by atoms with van der Waals surface area (Å²) >= 11 is 0. The zero-order chi connectivity index (χ0) is 14.1. The van der Waals surface area contributed by atoms with Gasteiger partial charge in [0.25, 0.3) is 11.8 Å². The van der Waals surface area contributed by atoms with Crippen LogP contribution in [0.2, 0.25) is 0 Å². The van der Waals surface area contributed by atoms with Crippen molar-refractivity contribution >= 4 is 10.4 Å². The number of halogens is 6. The molecule has 0 saturated carbocycles. The molecule has 0 heterocycles. The molecule has 0 aliphatic heterocycles. The van der Waals surface area contributed by atoms with Crippen molar-refractivity contribution < 1.29 is 43.5 Å². The fourth-order valence-electron chi connectivity index (χ4n) is 1.00. The van der Waals surface area contributed by atoms with Gasteiger partial charge in [-0.05, 0) is 6.92 Å². The summed E-state index contributed by atoms with van der Waals surface area (Å²) in [5, 5.41) is 0. The highest BCUT2D eigenvalue weighted by atomic mass is 32.3. The Balaban J connectivity index is 4.70. The molecule has 0 aliphatic carbocycles. The summed E-state index contributed by atoms with van der Waals surface area (Å²) in [5.74, 6) is -8.48. The molecular formula is C6H8F6O4S.